The van der Waals surface area contributed by atoms with Gasteiger partial charge in [0.25, 0.3) is 5.69 Å². The van der Waals surface area contributed by atoms with Crippen LogP contribution in [0.15, 0.2) is 70.9 Å². The number of phenols is 1. The lowest BCUT2D eigenvalue weighted by Crippen LogP contribution is -2.22. The first kappa shape index (κ1) is 22.6. The monoisotopic (exact) mass is 459 g/mol. The Labute approximate surface area is 194 Å². The van der Waals surface area contributed by atoms with Gasteiger partial charge in [0, 0.05) is 35.6 Å². The van der Waals surface area contributed by atoms with E-state index in [1.807, 2.05) is 50.2 Å². The summed E-state index contributed by atoms with van der Waals surface area (Å²) in [5.41, 5.74) is -0.144. The number of rotatable bonds is 7. The number of fused-ring (bicyclic) bond motifs is 2. The van der Waals surface area contributed by atoms with E-state index in [1.165, 1.54) is 0 Å². The van der Waals surface area contributed by atoms with Crippen molar-refractivity contribution in [3.8, 4) is 5.75 Å². The highest BCUT2D eigenvalue weighted by Crippen LogP contribution is 2.44. The Morgan fingerprint density at radius 3 is 2.03 bits per heavy atom. The number of nitrogens with zero attached hydrogens (tertiary/aromatic N) is 5. The molecule has 0 aliphatic heterocycles. The Morgan fingerprint density at radius 2 is 1.44 bits per heavy atom. The molecule has 10 nitrogen and oxygen atoms in total. The van der Waals surface area contributed by atoms with Crippen molar-refractivity contribution >= 4 is 50.0 Å². The molecule has 4 aromatic rings. The van der Waals surface area contributed by atoms with Gasteiger partial charge in [-0.2, -0.15) is 0 Å². The maximum absolute atomic E-state index is 11.4. The van der Waals surface area contributed by atoms with Gasteiger partial charge in [-0.1, -0.05) is 24.3 Å². The first-order valence-corrected chi connectivity index (χ1v) is 10.6. The third-order valence-electron chi connectivity index (χ3n) is 5.67. The minimum absolute atomic E-state index is 0.107. The second-order valence-electron chi connectivity index (χ2n) is 7.57. The summed E-state index contributed by atoms with van der Waals surface area (Å²) in [7, 11) is 0. The molecule has 0 amide bonds. The van der Waals surface area contributed by atoms with Crippen molar-refractivity contribution in [3.05, 3.63) is 80.9 Å². The maximum Gasteiger partial charge on any atom is 0.303 e. The molecule has 0 aromatic heterocycles. The largest absolute Gasteiger partial charge is 0.505 e. The predicted octanol–water partition coefficient (Wildman–Crippen LogP) is 6.78. The topological polar surface area (TPSA) is 134 Å². The summed E-state index contributed by atoms with van der Waals surface area (Å²) in [6.45, 7) is 5.47. The molecule has 172 valence electrons. The third-order valence-corrected chi connectivity index (χ3v) is 5.67. The van der Waals surface area contributed by atoms with Crippen molar-refractivity contribution in [1.29, 1.82) is 0 Å². The van der Waals surface area contributed by atoms with E-state index in [4.69, 9.17) is 0 Å². The van der Waals surface area contributed by atoms with Crippen LogP contribution in [0.5, 0.6) is 5.75 Å². The van der Waals surface area contributed by atoms with Crippen LogP contribution in [0.1, 0.15) is 13.8 Å². The summed E-state index contributed by atoms with van der Waals surface area (Å²) >= 11 is 0. The van der Waals surface area contributed by atoms with Crippen LogP contribution in [0, 0.1) is 20.2 Å². The molecule has 0 heterocycles. The lowest BCUT2D eigenvalue weighted by molar-refractivity contribution is -0.393. The molecule has 34 heavy (non-hydrogen) atoms. The van der Waals surface area contributed by atoms with Gasteiger partial charge < -0.3 is 10.0 Å². The Morgan fingerprint density at radius 1 is 0.824 bits per heavy atom. The smallest absolute Gasteiger partial charge is 0.303 e. The summed E-state index contributed by atoms with van der Waals surface area (Å²) < 4.78 is 0. The number of nitro groups is 2. The maximum atomic E-state index is 11.4. The fraction of sp³-hybridized carbons (Fsp3) is 0.167. The van der Waals surface area contributed by atoms with Crippen LogP contribution in [0.2, 0.25) is 0 Å². The molecule has 0 unspecified atom stereocenters. The van der Waals surface area contributed by atoms with Gasteiger partial charge in [-0.25, -0.2) is 0 Å². The molecule has 10 heteroatoms. The van der Waals surface area contributed by atoms with E-state index in [1.54, 1.807) is 6.07 Å². The summed E-state index contributed by atoms with van der Waals surface area (Å²) in [6, 6.07) is 16.5. The Bertz CT molecular complexity index is 1460. The van der Waals surface area contributed by atoms with E-state index in [0.717, 1.165) is 40.0 Å². The number of azo groups is 1. The van der Waals surface area contributed by atoms with Crippen molar-refractivity contribution in [1.82, 2.24) is 0 Å². The Balaban J connectivity index is 1.92. The van der Waals surface area contributed by atoms with Gasteiger partial charge >= 0.3 is 5.69 Å². The molecule has 0 radical (unpaired) electrons. The number of nitro benzene ring substituents is 2. The van der Waals surface area contributed by atoms with Crippen LogP contribution in [0.25, 0.3) is 21.5 Å². The van der Waals surface area contributed by atoms with Gasteiger partial charge in [0.15, 0.2) is 11.4 Å². The highest BCUT2D eigenvalue weighted by Gasteiger charge is 2.20. The minimum atomic E-state index is -0.755. The zero-order chi connectivity index (χ0) is 24.4. The zero-order valence-electron chi connectivity index (χ0n) is 18.5. The van der Waals surface area contributed by atoms with Crippen LogP contribution in [0.3, 0.4) is 0 Å². The van der Waals surface area contributed by atoms with E-state index in [9.17, 15) is 25.3 Å². The van der Waals surface area contributed by atoms with Crippen LogP contribution in [-0.4, -0.2) is 28.0 Å². The lowest BCUT2D eigenvalue weighted by Gasteiger charge is -2.24. The first-order chi connectivity index (χ1) is 16.3. The number of aromatic hydroxyl groups is 1. The van der Waals surface area contributed by atoms with E-state index < -0.39 is 21.2 Å². The number of hydrogen-bond acceptors (Lipinski definition) is 8. The summed E-state index contributed by atoms with van der Waals surface area (Å²) in [5, 5.41) is 44.9. The standard InChI is InChI=1S/C24H21N5O5/c1-3-27(4-2)22-14-21(24(30)19-12-16-8-6-5-7-15(16)11-18(19)22)26-25-20-10-9-17(28(31)32)13-23(20)29(33)34/h5-14,30H,3-4H2,1-2H3. The third kappa shape index (κ3) is 4.08. The van der Waals surface area contributed by atoms with E-state index >= 15 is 0 Å². The molecule has 0 bridgehead atoms. The highest BCUT2D eigenvalue weighted by molar-refractivity contribution is 6.08. The fourth-order valence-corrected chi connectivity index (χ4v) is 3.93. The Kier molecular flexibility index (Phi) is 6.05. The van der Waals surface area contributed by atoms with Crippen molar-refractivity contribution < 1.29 is 15.0 Å². The summed E-state index contributed by atoms with van der Waals surface area (Å²) in [5.74, 6) is -0.107. The molecule has 4 rings (SSSR count). The van der Waals surface area contributed by atoms with Crippen LogP contribution in [-0.2, 0) is 0 Å². The normalized spacial score (nSPS) is 11.4. The molecular formula is C24H21N5O5. The van der Waals surface area contributed by atoms with Crippen molar-refractivity contribution in [3.63, 3.8) is 0 Å². The molecule has 4 aromatic carbocycles. The number of benzene rings is 4. The van der Waals surface area contributed by atoms with E-state index in [0.29, 0.717) is 18.5 Å². The van der Waals surface area contributed by atoms with E-state index in [-0.39, 0.29) is 17.1 Å². The van der Waals surface area contributed by atoms with Gasteiger partial charge in [-0.15, -0.1) is 10.2 Å². The SMILES string of the molecule is CCN(CC)c1cc(N=Nc2ccc([N+](=O)[O-])cc2[N+](=O)[O-])c(O)c2cc3ccccc3cc12. The predicted molar refractivity (Wildman–Crippen MR) is 131 cm³/mol. The fourth-order valence-electron chi connectivity index (χ4n) is 3.93. The van der Waals surface area contributed by atoms with Gasteiger partial charge in [0.2, 0.25) is 0 Å². The average Bonchev–Trinajstić information content (AvgIpc) is 2.84. The van der Waals surface area contributed by atoms with Crippen molar-refractivity contribution in [2.75, 3.05) is 18.0 Å². The molecular weight excluding hydrogens is 438 g/mol. The van der Waals surface area contributed by atoms with Crippen molar-refractivity contribution in [2.24, 2.45) is 10.2 Å². The highest BCUT2D eigenvalue weighted by atomic mass is 16.6. The van der Waals surface area contributed by atoms with Crippen LogP contribution >= 0.6 is 0 Å². The zero-order valence-corrected chi connectivity index (χ0v) is 18.5. The van der Waals surface area contributed by atoms with Crippen LogP contribution in [0.4, 0.5) is 28.4 Å². The first-order valence-electron chi connectivity index (χ1n) is 10.6. The molecule has 0 aliphatic rings. The second kappa shape index (κ2) is 9.10. The summed E-state index contributed by atoms with van der Waals surface area (Å²) in [4.78, 5) is 23.0. The van der Waals surface area contributed by atoms with Crippen molar-refractivity contribution in [2.45, 2.75) is 13.8 Å². The Hall–Kier alpha value is -4.60. The minimum Gasteiger partial charge on any atom is -0.505 e. The number of non-ortho nitro benzene ring substituents is 1. The molecule has 0 saturated heterocycles. The molecule has 0 aliphatic carbocycles. The average molecular weight is 459 g/mol. The van der Waals surface area contributed by atoms with E-state index in [2.05, 4.69) is 15.1 Å². The number of phenolic OH excluding ortho intramolecular Hbond substituents is 1. The second-order valence-corrected chi connectivity index (χ2v) is 7.57. The van der Waals surface area contributed by atoms with Gasteiger partial charge in [0.05, 0.1) is 15.9 Å². The number of hydrogen-bond donors (Lipinski definition) is 1. The van der Waals surface area contributed by atoms with Gasteiger partial charge in [-0.05, 0) is 48.9 Å². The molecule has 1 N–H and O–H groups in total. The van der Waals surface area contributed by atoms with Gasteiger partial charge in [-0.3, -0.25) is 20.2 Å². The molecule has 0 atom stereocenters. The molecule has 0 fully saturated rings. The molecule has 0 saturated carbocycles. The van der Waals surface area contributed by atoms with Crippen LogP contribution < -0.4 is 4.90 Å². The lowest BCUT2D eigenvalue weighted by atomic mass is 10.00. The summed E-state index contributed by atoms with van der Waals surface area (Å²) in [6.07, 6.45) is 0. The molecule has 0 spiro atoms. The van der Waals surface area contributed by atoms with Gasteiger partial charge in [0.1, 0.15) is 5.69 Å². The number of anilines is 1. The quantitative estimate of drug-likeness (QED) is 0.140.